The Labute approximate surface area is 116 Å². The minimum atomic E-state index is -1.11. The molecular formula is C14H18O6. The second kappa shape index (κ2) is 4.86. The summed E-state index contributed by atoms with van der Waals surface area (Å²) in [6, 6.07) is 0. The van der Waals surface area contributed by atoms with E-state index >= 15 is 0 Å². The molecule has 110 valence electrons. The Hall–Kier alpha value is -1.40. The van der Waals surface area contributed by atoms with Crippen LogP contribution < -0.4 is 0 Å². The Morgan fingerprint density at radius 1 is 1.10 bits per heavy atom. The van der Waals surface area contributed by atoms with Crippen LogP contribution in [-0.4, -0.2) is 47.6 Å². The summed E-state index contributed by atoms with van der Waals surface area (Å²) in [6.07, 6.45) is 3.04. The molecule has 0 saturated carbocycles. The normalized spacial score (nSPS) is 35.8. The van der Waals surface area contributed by atoms with Gasteiger partial charge in [0.1, 0.15) is 0 Å². The molecule has 2 N–H and O–H groups in total. The number of hydrogen-bond donors (Lipinski definition) is 2. The van der Waals surface area contributed by atoms with Crippen molar-refractivity contribution >= 4 is 11.9 Å². The third-order valence-electron chi connectivity index (χ3n) is 4.43. The van der Waals surface area contributed by atoms with Crippen LogP contribution in [0.5, 0.6) is 0 Å². The Morgan fingerprint density at radius 2 is 1.65 bits per heavy atom. The van der Waals surface area contributed by atoms with Gasteiger partial charge in [-0.25, -0.2) is 9.59 Å². The van der Waals surface area contributed by atoms with Gasteiger partial charge in [-0.05, 0) is 32.1 Å². The van der Waals surface area contributed by atoms with Crippen LogP contribution in [0.25, 0.3) is 0 Å². The van der Waals surface area contributed by atoms with E-state index in [1.165, 1.54) is 0 Å². The lowest BCUT2D eigenvalue weighted by Crippen LogP contribution is -2.36. The molecular weight excluding hydrogens is 264 g/mol. The molecule has 2 heterocycles. The fraction of sp³-hybridized carbons (Fsp3) is 0.714. The van der Waals surface area contributed by atoms with E-state index in [9.17, 15) is 19.8 Å². The molecule has 0 aromatic rings. The minimum Gasteiger partial charge on any atom is -0.478 e. The summed E-state index contributed by atoms with van der Waals surface area (Å²) in [4.78, 5) is 23.1. The number of ether oxygens (including phenoxy) is 2. The first kappa shape index (κ1) is 13.6. The van der Waals surface area contributed by atoms with Gasteiger partial charge in [-0.15, -0.1) is 0 Å². The van der Waals surface area contributed by atoms with E-state index in [2.05, 4.69) is 0 Å². The molecule has 0 aromatic carbocycles. The zero-order valence-corrected chi connectivity index (χ0v) is 11.1. The van der Waals surface area contributed by atoms with Gasteiger partial charge >= 0.3 is 11.9 Å². The van der Waals surface area contributed by atoms with Gasteiger partial charge in [-0.3, -0.25) is 0 Å². The Balaban J connectivity index is 2.00. The molecule has 0 aromatic heterocycles. The maximum absolute atomic E-state index is 11.7. The van der Waals surface area contributed by atoms with Gasteiger partial charge in [0.2, 0.25) is 0 Å². The number of hydrogen-bond acceptors (Lipinski definition) is 4. The van der Waals surface area contributed by atoms with E-state index in [-0.39, 0.29) is 23.4 Å². The van der Waals surface area contributed by atoms with Gasteiger partial charge < -0.3 is 19.7 Å². The van der Waals surface area contributed by atoms with Crippen LogP contribution in [0.1, 0.15) is 32.1 Å². The topological polar surface area (TPSA) is 99.7 Å². The van der Waals surface area contributed by atoms with Crippen molar-refractivity contribution in [1.82, 2.24) is 0 Å². The van der Waals surface area contributed by atoms with Crippen molar-refractivity contribution in [2.45, 2.75) is 44.3 Å². The van der Waals surface area contributed by atoms with Gasteiger partial charge in [0, 0.05) is 11.0 Å². The predicted octanol–water partition coefficient (Wildman–Crippen LogP) is 1.20. The lowest BCUT2D eigenvalue weighted by atomic mass is 9.64. The highest BCUT2D eigenvalue weighted by Crippen LogP contribution is 2.51. The third-order valence-corrected chi connectivity index (χ3v) is 4.43. The lowest BCUT2D eigenvalue weighted by molar-refractivity contribution is -0.137. The molecule has 0 bridgehead atoms. The van der Waals surface area contributed by atoms with Gasteiger partial charge in [0.25, 0.3) is 0 Å². The van der Waals surface area contributed by atoms with E-state index in [0.717, 1.165) is 0 Å². The molecule has 2 unspecified atom stereocenters. The first-order chi connectivity index (χ1) is 9.52. The minimum absolute atomic E-state index is 0.0602. The first-order valence-electron chi connectivity index (χ1n) is 6.95. The maximum Gasteiger partial charge on any atom is 0.332 e. The quantitative estimate of drug-likeness (QED) is 0.710. The van der Waals surface area contributed by atoms with Gasteiger partial charge in [-0.1, -0.05) is 0 Å². The average Bonchev–Trinajstić information content (AvgIpc) is 3.25. The van der Waals surface area contributed by atoms with Crippen LogP contribution >= 0.6 is 0 Å². The van der Waals surface area contributed by atoms with Crippen molar-refractivity contribution in [3.63, 3.8) is 0 Å². The maximum atomic E-state index is 11.7. The van der Waals surface area contributed by atoms with E-state index in [1.54, 1.807) is 0 Å². The van der Waals surface area contributed by atoms with Crippen LogP contribution in [0.2, 0.25) is 0 Å². The second-order valence-corrected chi connectivity index (χ2v) is 5.92. The number of epoxide rings is 2. The largest absolute Gasteiger partial charge is 0.478 e. The Morgan fingerprint density at radius 3 is 2.05 bits per heavy atom. The molecule has 0 amide bonds. The SMILES string of the molecule is O=C(O)C1=C(C(=O)O)C(CC2CO2)(CC2CO2)CCC1. The number of carboxylic acid groups (broad SMARTS) is 2. The first-order valence-corrected chi connectivity index (χ1v) is 6.95. The molecule has 6 nitrogen and oxygen atoms in total. The number of carbonyl (C=O) groups is 2. The highest BCUT2D eigenvalue weighted by atomic mass is 16.6. The molecule has 2 fully saturated rings. The van der Waals surface area contributed by atoms with Crippen LogP contribution in [0.3, 0.4) is 0 Å². The standard InChI is InChI=1S/C14H18O6/c15-12(16)10-2-1-3-14(4-8-6-19-8,5-9-7-20-9)11(10)13(17)18/h8-9H,1-7H2,(H,15,16)(H,17,18). The molecule has 0 spiro atoms. The number of carboxylic acids is 2. The fourth-order valence-corrected chi connectivity index (χ4v) is 3.48. The summed E-state index contributed by atoms with van der Waals surface area (Å²) in [7, 11) is 0. The molecule has 2 saturated heterocycles. The highest BCUT2D eigenvalue weighted by Gasteiger charge is 2.50. The van der Waals surface area contributed by atoms with E-state index < -0.39 is 17.4 Å². The lowest BCUT2D eigenvalue weighted by Gasteiger charge is -2.38. The fourth-order valence-electron chi connectivity index (χ4n) is 3.48. The van der Waals surface area contributed by atoms with E-state index in [0.29, 0.717) is 45.3 Å². The molecule has 3 aliphatic rings. The Bertz CT molecular complexity index is 458. The zero-order valence-electron chi connectivity index (χ0n) is 11.1. The summed E-state index contributed by atoms with van der Waals surface area (Å²) >= 11 is 0. The van der Waals surface area contributed by atoms with Crippen LogP contribution in [0.15, 0.2) is 11.1 Å². The van der Waals surface area contributed by atoms with Crippen molar-refractivity contribution in [1.29, 1.82) is 0 Å². The molecule has 3 rings (SSSR count). The van der Waals surface area contributed by atoms with Gasteiger partial charge in [0.05, 0.1) is 31.0 Å². The van der Waals surface area contributed by atoms with Crippen molar-refractivity contribution < 1.29 is 29.3 Å². The van der Waals surface area contributed by atoms with Crippen molar-refractivity contribution in [2.75, 3.05) is 13.2 Å². The summed E-state index contributed by atoms with van der Waals surface area (Å²) in [5.74, 6) is -2.22. The van der Waals surface area contributed by atoms with Crippen molar-refractivity contribution in [3.8, 4) is 0 Å². The van der Waals surface area contributed by atoms with Gasteiger partial charge in [0.15, 0.2) is 0 Å². The monoisotopic (exact) mass is 282 g/mol. The number of rotatable bonds is 6. The predicted molar refractivity (Wildman–Crippen MR) is 67.3 cm³/mol. The molecule has 0 radical (unpaired) electrons. The van der Waals surface area contributed by atoms with Crippen LogP contribution in [-0.2, 0) is 19.1 Å². The molecule has 2 aliphatic heterocycles. The number of aliphatic carboxylic acids is 2. The summed E-state index contributed by atoms with van der Waals surface area (Å²) < 4.78 is 10.5. The third kappa shape index (κ3) is 2.58. The van der Waals surface area contributed by atoms with E-state index in [4.69, 9.17) is 9.47 Å². The smallest absolute Gasteiger partial charge is 0.332 e. The van der Waals surface area contributed by atoms with Gasteiger partial charge in [-0.2, -0.15) is 0 Å². The summed E-state index contributed by atoms with van der Waals surface area (Å²) in [5, 5.41) is 18.9. The van der Waals surface area contributed by atoms with Crippen molar-refractivity contribution in [2.24, 2.45) is 5.41 Å². The van der Waals surface area contributed by atoms with Crippen LogP contribution in [0.4, 0.5) is 0 Å². The summed E-state index contributed by atoms with van der Waals surface area (Å²) in [6.45, 7) is 1.28. The van der Waals surface area contributed by atoms with Crippen molar-refractivity contribution in [3.05, 3.63) is 11.1 Å². The second-order valence-electron chi connectivity index (χ2n) is 5.92. The highest BCUT2D eigenvalue weighted by molar-refractivity contribution is 6.00. The molecule has 2 atom stereocenters. The van der Waals surface area contributed by atoms with Crippen LogP contribution in [0, 0.1) is 5.41 Å². The average molecular weight is 282 g/mol. The van der Waals surface area contributed by atoms with E-state index in [1.807, 2.05) is 0 Å². The molecule has 1 aliphatic carbocycles. The Kier molecular flexibility index (Phi) is 3.30. The summed E-state index contributed by atoms with van der Waals surface area (Å²) in [5.41, 5.74) is -0.465. The molecule has 20 heavy (non-hydrogen) atoms. The zero-order chi connectivity index (χ0) is 14.3. The molecule has 6 heteroatoms.